The molecule has 184 valence electrons. The molecule has 37 heavy (non-hydrogen) atoms. The van der Waals surface area contributed by atoms with Crippen molar-refractivity contribution in [2.45, 2.75) is 0 Å². The van der Waals surface area contributed by atoms with E-state index in [9.17, 15) is 9.59 Å². The zero-order valence-electron chi connectivity index (χ0n) is 20.0. The normalized spacial score (nSPS) is 14.5. The highest BCUT2D eigenvalue weighted by Crippen LogP contribution is 2.35. The Morgan fingerprint density at radius 2 is 1.43 bits per heavy atom. The third-order valence-corrected chi connectivity index (χ3v) is 6.65. The maximum Gasteiger partial charge on any atom is 0.254 e. The van der Waals surface area contributed by atoms with Crippen LogP contribution in [0.15, 0.2) is 84.9 Å². The van der Waals surface area contributed by atoms with Gasteiger partial charge in [0.25, 0.3) is 5.91 Å². The molecule has 3 heterocycles. The van der Waals surface area contributed by atoms with Crippen LogP contribution < -0.4 is 14.4 Å². The van der Waals surface area contributed by atoms with Gasteiger partial charge in [-0.3, -0.25) is 9.59 Å². The maximum absolute atomic E-state index is 13.4. The number of fused-ring (bicyclic) bond motifs is 1. The van der Waals surface area contributed by atoms with Crippen molar-refractivity contribution in [2.24, 2.45) is 0 Å². The summed E-state index contributed by atoms with van der Waals surface area (Å²) < 4.78 is 10.8. The zero-order valence-corrected chi connectivity index (χ0v) is 20.0. The van der Waals surface area contributed by atoms with E-state index < -0.39 is 0 Å². The molecule has 8 nitrogen and oxygen atoms in total. The third-order valence-electron chi connectivity index (χ3n) is 6.65. The van der Waals surface area contributed by atoms with E-state index in [1.807, 2.05) is 48.5 Å². The Hall–Kier alpha value is -4.72. The highest BCUT2D eigenvalue weighted by atomic mass is 16.7. The van der Waals surface area contributed by atoms with Gasteiger partial charge < -0.3 is 19.3 Å². The number of carbonyl (C=O) groups is 2. The van der Waals surface area contributed by atoms with Crippen molar-refractivity contribution in [3.63, 3.8) is 0 Å². The Bertz CT molecular complexity index is 1450. The summed E-state index contributed by atoms with van der Waals surface area (Å²) >= 11 is 0. The first-order valence-corrected chi connectivity index (χ1v) is 12.1. The quantitative estimate of drug-likeness (QED) is 0.389. The van der Waals surface area contributed by atoms with Crippen LogP contribution in [0.1, 0.15) is 26.3 Å². The fourth-order valence-electron chi connectivity index (χ4n) is 4.63. The minimum absolute atomic E-state index is 0.135. The van der Waals surface area contributed by atoms with Crippen molar-refractivity contribution in [3.05, 3.63) is 102 Å². The Morgan fingerprint density at radius 1 is 0.703 bits per heavy atom. The van der Waals surface area contributed by atoms with Gasteiger partial charge >= 0.3 is 0 Å². The van der Waals surface area contributed by atoms with Crippen LogP contribution in [-0.4, -0.2) is 59.8 Å². The van der Waals surface area contributed by atoms with Crippen molar-refractivity contribution in [3.8, 4) is 22.8 Å². The molecule has 4 aromatic rings. The second-order valence-electron chi connectivity index (χ2n) is 8.86. The van der Waals surface area contributed by atoms with Gasteiger partial charge in [0.15, 0.2) is 23.1 Å². The minimum atomic E-state index is -0.152. The van der Waals surface area contributed by atoms with E-state index in [0.29, 0.717) is 48.6 Å². The smallest absolute Gasteiger partial charge is 0.254 e. The van der Waals surface area contributed by atoms with E-state index in [-0.39, 0.29) is 18.5 Å². The fraction of sp³-hybridized carbons (Fsp3) is 0.172. The first-order chi connectivity index (χ1) is 18.2. The number of carbonyl (C=O) groups excluding carboxylic acids is 2. The molecule has 2 aliphatic rings. The van der Waals surface area contributed by atoms with E-state index in [1.54, 1.807) is 41.3 Å². The monoisotopic (exact) mass is 492 g/mol. The molecule has 1 aromatic heterocycles. The predicted octanol–water partition coefficient (Wildman–Crippen LogP) is 4.07. The van der Waals surface area contributed by atoms with E-state index >= 15 is 0 Å². The summed E-state index contributed by atoms with van der Waals surface area (Å²) in [5.74, 6) is 1.91. The summed E-state index contributed by atoms with van der Waals surface area (Å²) in [6.45, 7) is 2.53. The van der Waals surface area contributed by atoms with Crippen molar-refractivity contribution in [2.75, 3.05) is 37.9 Å². The van der Waals surface area contributed by atoms with E-state index in [1.165, 1.54) is 0 Å². The second-order valence-corrected chi connectivity index (χ2v) is 8.86. The summed E-state index contributed by atoms with van der Waals surface area (Å²) in [5, 5.41) is 8.83. The number of anilines is 1. The summed E-state index contributed by atoms with van der Waals surface area (Å²) in [7, 11) is 0. The molecule has 0 atom stereocenters. The molecule has 0 radical (unpaired) electrons. The van der Waals surface area contributed by atoms with Crippen molar-refractivity contribution >= 4 is 17.5 Å². The van der Waals surface area contributed by atoms with Crippen molar-refractivity contribution in [1.82, 2.24) is 15.1 Å². The Labute approximate surface area is 214 Å². The molecule has 0 unspecified atom stereocenters. The van der Waals surface area contributed by atoms with Crippen molar-refractivity contribution < 1.29 is 19.1 Å². The average molecular weight is 493 g/mol. The van der Waals surface area contributed by atoms with Crippen LogP contribution in [0, 0.1) is 0 Å². The molecule has 0 bridgehead atoms. The van der Waals surface area contributed by atoms with Crippen LogP contribution in [0.2, 0.25) is 0 Å². The largest absolute Gasteiger partial charge is 0.454 e. The first-order valence-electron chi connectivity index (χ1n) is 12.1. The second kappa shape index (κ2) is 9.73. The molecular formula is C29H24N4O4. The molecule has 1 fully saturated rings. The number of benzene rings is 3. The molecular weight excluding hydrogens is 468 g/mol. The first kappa shape index (κ1) is 22.7. The summed E-state index contributed by atoms with van der Waals surface area (Å²) in [4.78, 5) is 30.4. The molecule has 0 saturated carbocycles. The molecule has 8 heteroatoms. The number of ketones is 1. The molecule has 3 aromatic carbocycles. The Morgan fingerprint density at radius 3 is 2.19 bits per heavy atom. The summed E-state index contributed by atoms with van der Waals surface area (Å²) in [6, 6.07) is 25.6. The fourth-order valence-corrected chi connectivity index (χ4v) is 4.63. The van der Waals surface area contributed by atoms with Crippen LogP contribution in [0.5, 0.6) is 11.5 Å². The van der Waals surface area contributed by atoms with E-state index in [2.05, 4.69) is 15.1 Å². The molecule has 1 saturated heterocycles. The van der Waals surface area contributed by atoms with Gasteiger partial charge in [-0.05, 0) is 36.4 Å². The predicted molar refractivity (Wildman–Crippen MR) is 138 cm³/mol. The minimum Gasteiger partial charge on any atom is -0.454 e. The number of rotatable bonds is 5. The third kappa shape index (κ3) is 4.49. The summed E-state index contributed by atoms with van der Waals surface area (Å²) in [6.07, 6.45) is 0. The van der Waals surface area contributed by atoms with Gasteiger partial charge in [0.1, 0.15) is 0 Å². The topological polar surface area (TPSA) is 84.9 Å². The number of amides is 1. The lowest BCUT2D eigenvalue weighted by atomic mass is 9.97. The molecule has 6 rings (SSSR count). The highest BCUT2D eigenvalue weighted by Gasteiger charge is 2.26. The van der Waals surface area contributed by atoms with Gasteiger partial charge in [0, 0.05) is 42.9 Å². The molecule has 0 N–H and O–H groups in total. The number of hydrogen-bond donors (Lipinski definition) is 0. The number of ether oxygens (including phenoxy) is 2. The number of nitrogens with zero attached hydrogens (tertiary/aromatic N) is 4. The standard InChI is InChI=1S/C29H24N4O4/c34-28(20-6-2-1-3-7-20)22-8-4-5-9-23(22)29(35)33-16-14-32(15-17-33)27-13-11-24(30-31-27)21-10-12-25-26(18-21)37-19-36-25/h1-13,18H,14-17,19H2. The van der Waals surface area contributed by atoms with E-state index in [0.717, 1.165) is 22.8 Å². The van der Waals surface area contributed by atoms with Crippen LogP contribution in [-0.2, 0) is 0 Å². The van der Waals surface area contributed by atoms with Gasteiger partial charge in [0.05, 0.1) is 11.3 Å². The highest BCUT2D eigenvalue weighted by molar-refractivity contribution is 6.15. The van der Waals surface area contributed by atoms with Gasteiger partial charge in [0.2, 0.25) is 6.79 Å². The van der Waals surface area contributed by atoms with Gasteiger partial charge in [-0.2, -0.15) is 0 Å². The average Bonchev–Trinajstić information content (AvgIpc) is 3.45. The van der Waals surface area contributed by atoms with Gasteiger partial charge in [-0.25, -0.2) is 0 Å². The number of piperazine rings is 1. The van der Waals surface area contributed by atoms with Gasteiger partial charge in [-0.15, -0.1) is 10.2 Å². The molecule has 1 amide bonds. The van der Waals surface area contributed by atoms with Crippen LogP contribution in [0.3, 0.4) is 0 Å². The molecule has 0 spiro atoms. The van der Waals surface area contributed by atoms with E-state index in [4.69, 9.17) is 9.47 Å². The number of hydrogen-bond acceptors (Lipinski definition) is 7. The van der Waals surface area contributed by atoms with Crippen LogP contribution in [0.4, 0.5) is 5.82 Å². The lowest BCUT2D eigenvalue weighted by molar-refractivity contribution is 0.0742. The Kier molecular flexibility index (Phi) is 5.98. The maximum atomic E-state index is 13.4. The Balaban J connectivity index is 1.12. The lowest BCUT2D eigenvalue weighted by Crippen LogP contribution is -2.49. The number of aromatic nitrogens is 2. The zero-order chi connectivity index (χ0) is 25.2. The summed E-state index contributed by atoms with van der Waals surface area (Å²) in [5.41, 5.74) is 3.07. The lowest BCUT2D eigenvalue weighted by Gasteiger charge is -2.35. The SMILES string of the molecule is O=C(c1ccccc1)c1ccccc1C(=O)N1CCN(c2ccc(-c3ccc4c(c3)OCO4)nn2)CC1. The molecule has 2 aliphatic heterocycles. The molecule has 0 aliphatic carbocycles. The van der Waals surface area contributed by atoms with Crippen LogP contribution in [0.25, 0.3) is 11.3 Å². The van der Waals surface area contributed by atoms with Crippen LogP contribution >= 0.6 is 0 Å². The van der Waals surface area contributed by atoms with Crippen molar-refractivity contribution in [1.29, 1.82) is 0 Å². The van der Waals surface area contributed by atoms with Gasteiger partial charge in [-0.1, -0.05) is 48.5 Å².